The van der Waals surface area contributed by atoms with Gasteiger partial charge in [-0.25, -0.2) is 9.97 Å². The van der Waals surface area contributed by atoms with Crippen molar-refractivity contribution in [1.29, 1.82) is 0 Å². The molecule has 132 valence electrons. The summed E-state index contributed by atoms with van der Waals surface area (Å²) in [6.45, 7) is 4.12. The minimum absolute atomic E-state index is 0.164. The van der Waals surface area contributed by atoms with E-state index in [9.17, 15) is 14.4 Å². The van der Waals surface area contributed by atoms with Crippen LogP contribution >= 0.6 is 23.1 Å². The number of aryl methyl sites for hydroxylation is 2. The largest absolute Gasteiger partial charge is 0.467 e. The van der Waals surface area contributed by atoms with E-state index in [0.717, 1.165) is 37.3 Å². The Bertz CT molecular complexity index is 835. The molecule has 3 rings (SSSR count). The van der Waals surface area contributed by atoms with Crippen molar-refractivity contribution in [1.82, 2.24) is 20.2 Å². The molecule has 10 heteroatoms. The highest BCUT2D eigenvalue weighted by molar-refractivity contribution is 8.14. The second kappa shape index (κ2) is 7.36. The summed E-state index contributed by atoms with van der Waals surface area (Å²) in [7, 11) is 0. The Balaban J connectivity index is 1.53. The number of thiophene rings is 1. The van der Waals surface area contributed by atoms with Crippen LogP contribution in [0.2, 0.25) is 0 Å². The zero-order chi connectivity index (χ0) is 18.0. The van der Waals surface area contributed by atoms with Crippen LogP contribution in [0.4, 0.5) is 4.79 Å². The number of aromatic nitrogens is 2. The molecule has 3 amide bonds. The molecule has 3 heterocycles. The summed E-state index contributed by atoms with van der Waals surface area (Å²) in [5.41, 5.74) is 1.04. The zero-order valence-corrected chi connectivity index (χ0v) is 15.3. The lowest BCUT2D eigenvalue weighted by atomic mass is 10.2. The molecule has 0 atom stereocenters. The minimum atomic E-state index is -0.344. The van der Waals surface area contributed by atoms with Gasteiger partial charge in [0.25, 0.3) is 11.1 Å². The second-order valence-electron chi connectivity index (χ2n) is 5.38. The zero-order valence-electron chi connectivity index (χ0n) is 13.7. The lowest BCUT2D eigenvalue weighted by Gasteiger charge is -2.13. The molecule has 8 nitrogen and oxygen atoms in total. The smallest absolute Gasteiger partial charge is 0.288 e. The van der Waals surface area contributed by atoms with Crippen LogP contribution in [-0.2, 0) is 9.59 Å². The van der Waals surface area contributed by atoms with Crippen LogP contribution in [0.15, 0.2) is 6.33 Å². The molecular formula is C15H16N4O4S2. The first-order chi connectivity index (χ1) is 12.0. The van der Waals surface area contributed by atoms with Crippen LogP contribution in [0, 0.1) is 13.8 Å². The minimum Gasteiger partial charge on any atom is -0.467 e. The number of imide groups is 1. The number of fused-ring (bicyclic) bond motifs is 1. The van der Waals surface area contributed by atoms with Crippen LogP contribution < -0.4 is 10.1 Å². The fraction of sp³-hybridized carbons (Fsp3) is 0.400. The van der Waals surface area contributed by atoms with Gasteiger partial charge in [0.15, 0.2) is 6.61 Å². The number of amides is 3. The Hall–Kier alpha value is -2.20. The molecule has 2 aromatic heterocycles. The third-order valence-corrected chi connectivity index (χ3v) is 5.74. The molecule has 0 radical (unpaired) electrons. The van der Waals surface area contributed by atoms with Gasteiger partial charge in [-0.2, -0.15) is 0 Å². The van der Waals surface area contributed by atoms with E-state index < -0.39 is 0 Å². The first-order valence-electron chi connectivity index (χ1n) is 7.54. The van der Waals surface area contributed by atoms with Gasteiger partial charge in [0.2, 0.25) is 11.8 Å². The van der Waals surface area contributed by atoms with Crippen molar-refractivity contribution in [2.45, 2.75) is 13.8 Å². The van der Waals surface area contributed by atoms with Crippen LogP contribution in [0.25, 0.3) is 10.2 Å². The number of nitrogens with zero attached hydrogens (tertiary/aromatic N) is 3. The highest BCUT2D eigenvalue weighted by Crippen LogP contribution is 2.33. The number of ether oxygens (including phenoxy) is 1. The monoisotopic (exact) mass is 380 g/mol. The van der Waals surface area contributed by atoms with E-state index in [-0.39, 0.29) is 42.5 Å². The van der Waals surface area contributed by atoms with E-state index >= 15 is 0 Å². The SMILES string of the molecule is Cc1sc2ncnc(OCC(=O)NCCN3C(=O)CSC3=O)c2c1C. The van der Waals surface area contributed by atoms with E-state index in [2.05, 4.69) is 15.3 Å². The number of nitrogens with one attached hydrogen (secondary N) is 1. The summed E-state index contributed by atoms with van der Waals surface area (Å²) >= 11 is 2.52. The molecule has 0 aromatic carbocycles. The van der Waals surface area contributed by atoms with Crippen molar-refractivity contribution < 1.29 is 19.1 Å². The predicted molar refractivity (Wildman–Crippen MR) is 95.0 cm³/mol. The molecule has 0 aliphatic carbocycles. The molecule has 0 bridgehead atoms. The van der Waals surface area contributed by atoms with Crippen molar-refractivity contribution in [3.8, 4) is 5.88 Å². The maximum atomic E-state index is 11.9. The first kappa shape index (κ1) is 17.6. The maximum absolute atomic E-state index is 11.9. The standard InChI is InChI=1S/C15H16N4O4S2/c1-8-9(2)25-14-12(8)13(17-7-18-14)23-5-10(20)16-3-4-19-11(21)6-24-15(19)22/h7H,3-6H2,1-2H3,(H,16,20). The molecular weight excluding hydrogens is 364 g/mol. The average molecular weight is 380 g/mol. The number of hydrogen-bond acceptors (Lipinski definition) is 8. The predicted octanol–water partition coefficient (Wildman–Crippen LogP) is 1.50. The third kappa shape index (κ3) is 3.74. The summed E-state index contributed by atoms with van der Waals surface area (Å²) in [4.78, 5) is 46.2. The molecule has 1 fully saturated rings. The Labute approximate surface area is 152 Å². The van der Waals surface area contributed by atoms with Crippen molar-refractivity contribution in [3.63, 3.8) is 0 Å². The number of carbonyl (C=O) groups is 3. The summed E-state index contributed by atoms with van der Waals surface area (Å²) in [6.07, 6.45) is 1.41. The van der Waals surface area contributed by atoms with Gasteiger partial charge < -0.3 is 10.1 Å². The van der Waals surface area contributed by atoms with E-state index in [1.54, 1.807) is 11.3 Å². The highest BCUT2D eigenvalue weighted by atomic mass is 32.2. The van der Waals surface area contributed by atoms with E-state index in [0.29, 0.717) is 5.88 Å². The van der Waals surface area contributed by atoms with Gasteiger partial charge in [-0.15, -0.1) is 11.3 Å². The quantitative estimate of drug-likeness (QED) is 0.810. The van der Waals surface area contributed by atoms with Gasteiger partial charge in [-0.05, 0) is 19.4 Å². The summed E-state index contributed by atoms with van der Waals surface area (Å²) in [5.74, 6) is -0.0301. The second-order valence-corrected chi connectivity index (χ2v) is 7.51. The van der Waals surface area contributed by atoms with Crippen LogP contribution in [0.1, 0.15) is 10.4 Å². The molecule has 1 aliphatic heterocycles. The van der Waals surface area contributed by atoms with Gasteiger partial charge in [-0.1, -0.05) is 11.8 Å². The number of thioether (sulfide) groups is 1. The van der Waals surface area contributed by atoms with E-state index in [1.165, 1.54) is 6.33 Å². The molecule has 1 aliphatic rings. The fourth-order valence-corrected chi connectivity index (χ4v) is 4.09. The maximum Gasteiger partial charge on any atom is 0.288 e. The Morgan fingerprint density at radius 1 is 1.36 bits per heavy atom. The molecule has 1 saturated heterocycles. The number of carbonyl (C=O) groups excluding carboxylic acids is 3. The summed E-state index contributed by atoms with van der Waals surface area (Å²) in [6, 6.07) is 0. The van der Waals surface area contributed by atoms with Gasteiger partial charge in [-0.3, -0.25) is 19.3 Å². The Morgan fingerprint density at radius 3 is 2.88 bits per heavy atom. The number of hydrogen-bond donors (Lipinski definition) is 1. The van der Waals surface area contributed by atoms with Gasteiger partial charge in [0.05, 0.1) is 11.1 Å². The molecule has 0 saturated carbocycles. The topological polar surface area (TPSA) is 101 Å². The first-order valence-corrected chi connectivity index (χ1v) is 9.35. The Morgan fingerprint density at radius 2 is 2.16 bits per heavy atom. The summed E-state index contributed by atoms with van der Waals surface area (Å²) in [5, 5.41) is 3.18. The average Bonchev–Trinajstić information content (AvgIpc) is 3.06. The van der Waals surface area contributed by atoms with Gasteiger partial charge >= 0.3 is 0 Å². The fourth-order valence-electron chi connectivity index (χ4n) is 2.35. The Kier molecular flexibility index (Phi) is 5.19. The molecule has 1 N–H and O–H groups in total. The van der Waals surface area contributed by atoms with E-state index in [4.69, 9.17) is 4.74 Å². The van der Waals surface area contributed by atoms with Crippen LogP contribution in [0.3, 0.4) is 0 Å². The number of rotatable bonds is 6. The van der Waals surface area contributed by atoms with Gasteiger partial charge in [0.1, 0.15) is 11.2 Å². The third-order valence-electron chi connectivity index (χ3n) is 3.77. The summed E-state index contributed by atoms with van der Waals surface area (Å²) < 4.78 is 5.53. The molecule has 2 aromatic rings. The lowest BCUT2D eigenvalue weighted by molar-refractivity contribution is -0.126. The van der Waals surface area contributed by atoms with Crippen molar-refractivity contribution >= 4 is 50.4 Å². The van der Waals surface area contributed by atoms with Crippen molar-refractivity contribution in [2.24, 2.45) is 0 Å². The lowest BCUT2D eigenvalue weighted by Crippen LogP contribution is -2.39. The highest BCUT2D eigenvalue weighted by Gasteiger charge is 2.29. The van der Waals surface area contributed by atoms with Crippen molar-refractivity contribution in [2.75, 3.05) is 25.4 Å². The van der Waals surface area contributed by atoms with Crippen LogP contribution in [0.5, 0.6) is 5.88 Å². The molecule has 25 heavy (non-hydrogen) atoms. The van der Waals surface area contributed by atoms with E-state index in [1.807, 2.05) is 13.8 Å². The van der Waals surface area contributed by atoms with Crippen molar-refractivity contribution in [3.05, 3.63) is 16.8 Å². The van der Waals surface area contributed by atoms with Crippen LogP contribution in [-0.4, -0.2) is 57.4 Å². The van der Waals surface area contributed by atoms with Gasteiger partial charge in [0, 0.05) is 18.0 Å². The molecule has 0 spiro atoms. The molecule has 0 unspecified atom stereocenters. The normalized spacial score (nSPS) is 14.4.